The van der Waals surface area contributed by atoms with E-state index >= 15 is 0 Å². The number of rotatable bonds is 10. The zero-order valence-corrected chi connectivity index (χ0v) is 23.2. The largest absolute Gasteiger partial charge is 0.508 e. The molecule has 8 nitrogen and oxygen atoms in total. The van der Waals surface area contributed by atoms with Gasteiger partial charge in [-0.2, -0.15) is 0 Å². The predicted octanol–water partition coefficient (Wildman–Crippen LogP) is 5.21. The van der Waals surface area contributed by atoms with Crippen molar-refractivity contribution in [1.82, 2.24) is 4.90 Å². The van der Waals surface area contributed by atoms with Crippen LogP contribution in [0.4, 0.5) is 5.69 Å². The number of hydrogen-bond acceptors (Lipinski definition) is 7. The van der Waals surface area contributed by atoms with Crippen molar-refractivity contribution in [1.29, 1.82) is 0 Å². The molecule has 0 radical (unpaired) electrons. The van der Waals surface area contributed by atoms with Gasteiger partial charge in [-0.15, -0.1) is 11.3 Å². The average Bonchev–Trinajstić information content (AvgIpc) is 3.57. The minimum atomic E-state index is -1.25. The number of benzene rings is 3. The first kappa shape index (κ1) is 27.6. The van der Waals surface area contributed by atoms with Crippen LogP contribution in [0, 0.1) is 0 Å². The molecule has 0 saturated carbocycles. The van der Waals surface area contributed by atoms with Crippen LogP contribution in [0.25, 0.3) is 20.5 Å². The summed E-state index contributed by atoms with van der Waals surface area (Å²) >= 11 is 1.61. The van der Waals surface area contributed by atoms with Crippen LogP contribution in [0.3, 0.4) is 0 Å². The van der Waals surface area contributed by atoms with E-state index in [1.807, 2.05) is 18.2 Å². The molecule has 1 fully saturated rings. The molecule has 0 unspecified atom stereocenters. The van der Waals surface area contributed by atoms with Gasteiger partial charge in [0.15, 0.2) is 0 Å². The number of methoxy groups -OCH3 is 1. The number of aliphatic carboxylic acids is 1. The van der Waals surface area contributed by atoms with Crippen molar-refractivity contribution in [3.8, 4) is 21.9 Å². The molecule has 40 heavy (non-hydrogen) atoms. The van der Waals surface area contributed by atoms with Crippen LogP contribution < -0.4 is 15.8 Å². The maximum Gasteiger partial charge on any atom is 0.321 e. The van der Waals surface area contributed by atoms with Gasteiger partial charge in [0, 0.05) is 27.4 Å². The highest BCUT2D eigenvalue weighted by molar-refractivity contribution is 7.22. The molecular weight excluding hydrogens is 526 g/mol. The Morgan fingerprint density at radius 3 is 2.52 bits per heavy atom. The molecule has 1 aromatic heterocycles. The van der Waals surface area contributed by atoms with Gasteiger partial charge in [0.05, 0.1) is 13.5 Å². The maximum absolute atomic E-state index is 12.2. The number of phenols is 1. The minimum absolute atomic E-state index is 0.220. The highest BCUT2D eigenvalue weighted by Gasteiger charge is 2.19. The van der Waals surface area contributed by atoms with E-state index in [0.717, 1.165) is 57.0 Å². The third-order valence-corrected chi connectivity index (χ3v) is 8.50. The van der Waals surface area contributed by atoms with Gasteiger partial charge in [0.25, 0.3) is 0 Å². The number of nitrogens with zero attached hydrogens (tertiary/aromatic N) is 1. The fourth-order valence-electron chi connectivity index (χ4n) is 5.17. The van der Waals surface area contributed by atoms with Crippen molar-refractivity contribution in [2.45, 2.75) is 38.3 Å². The van der Waals surface area contributed by atoms with Crippen molar-refractivity contribution >= 4 is 39.0 Å². The van der Waals surface area contributed by atoms with Crippen LogP contribution in [-0.4, -0.2) is 53.2 Å². The number of fused-ring (bicyclic) bond motifs is 1. The summed E-state index contributed by atoms with van der Waals surface area (Å²) in [6, 6.07) is 18.1. The molecule has 1 aliphatic heterocycles. The number of anilines is 1. The molecule has 1 atom stereocenters. The molecule has 0 bridgehead atoms. The molecule has 0 spiro atoms. The topological polar surface area (TPSA) is 125 Å². The Kier molecular flexibility index (Phi) is 8.35. The summed E-state index contributed by atoms with van der Waals surface area (Å²) in [5.74, 6) is -0.557. The Labute approximate surface area is 237 Å². The van der Waals surface area contributed by atoms with Crippen LogP contribution in [-0.2, 0) is 22.6 Å². The molecule has 1 saturated heterocycles. The van der Waals surface area contributed by atoms with E-state index in [-0.39, 0.29) is 12.2 Å². The third kappa shape index (κ3) is 6.28. The molecule has 9 heteroatoms. The number of carboxylic acid groups (broad SMARTS) is 1. The number of likely N-dealkylation sites (tertiary alicyclic amines) is 1. The number of aromatic hydroxyl groups is 1. The van der Waals surface area contributed by atoms with Crippen molar-refractivity contribution in [2.24, 2.45) is 5.73 Å². The van der Waals surface area contributed by atoms with E-state index in [2.05, 4.69) is 28.4 Å². The van der Waals surface area contributed by atoms with Crippen LogP contribution in [0.1, 0.15) is 36.0 Å². The van der Waals surface area contributed by atoms with E-state index in [4.69, 9.17) is 15.6 Å². The summed E-state index contributed by atoms with van der Waals surface area (Å²) in [6.07, 6.45) is 2.87. The molecule has 5 N–H and O–H groups in total. The van der Waals surface area contributed by atoms with Gasteiger partial charge in [-0.1, -0.05) is 24.3 Å². The van der Waals surface area contributed by atoms with Gasteiger partial charge >= 0.3 is 5.97 Å². The molecule has 208 valence electrons. The maximum atomic E-state index is 12.2. The first-order valence-electron chi connectivity index (χ1n) is 13.3. The van der Waals surface area contributed by atoms with Crippen molar-refractivity contribution in [3.05, 3.63) is 77.4 Å². The Hall–Kier alpha value is -3.92. The lowest BCUT2D eigenvalue weighted by Gasteiger charge is -2.18. The summed E-state index contributed by atoms with van der Waals surface area (Å²) in [4.78, 5) is 26.6. The summed E-state index contributed by atoms with van der Waals surface area (Å²) in [7, 11) is 1.72. The lowest BCUT2D eigenvalue weighted by atomic mass is 9.97. The van der Waals surface area contributed by atoms with Crippen LogP contribution in [0.2, 0.25) is 0 Å². The van der Waals surface area contributed by atoms with Crippen molar-refractivity contribution in [2.75, 3.05) is 25.5 Å². The van der Waals surface area contributed by atoms with Crippen LogP contribution >= 0.6 is 11.3 Å². The number of thiophene rings is 1. The molecule has 2 heterocycles. The van der Waals surface area contributed by atoms with Gasteiger partial charge in [0.2, 0.25) is 5.91 Å². The fourth-order valence-corrected chi connectivity index (χ4v) is 6.43. The SMILES string of the molecule is COc1cc(Cc2c(-c3ccc(NC(=O)C[C@H](N)C(=O)O)cc3)sc3cc(O)ccc23)ccc1CN1CCCC1. The molecule has 0 aliphatic carbocycles. The van der Waals surface area contributed by atoms with Gasteiger partial charge in [-0.25, -0.2) is 0 Å². The Morgan fingerprint density at radius 1 is 1.07 bits per heavy atom. The average molecular weight is 560 g/mol. The van der Waals surface area contributed by atoms with E-state index < -0.39 is 17.9 Å². The van der Waals surface area contributed by atoms with E-state index in [1.54, 1.807) is 42.7 Å². The highest BCUT2D eigenvalue weighted by atomic mass is 32.1. The molecule has 1 aliphatic rings. The Bertz CT molecular complexity index is 1530. The number of carbonyl (C=O) groups excluding carboxylic acids is 1. The van der Waals surface area contributed by atoms with E-state index in [0.29, 0.717) is 12.1 Å². The number of carboxylic acids is 1. The second-order valence-corrected chi connectivity index (χ2v) is 11.2. The van der Waals surface area contributed by atoms with Crippen LogP contribution in [0.5, 0.6) is 11.5 Å². The lowest BCUT2D eigenvalue weighted by molar-refractivity contribution is -0.140. The monoisotopic (exact) mass is 559 g/mol. The standard InChI is InChI=1S/C31H33N3O5S/c1-39-27-15-19(4-5-21(27)18-34-12-2-3-13-34)14-25-24-11-10-23(35)16-28(24)40-30(25)20-6-8-22(9-7-20)33-29(36)17-26(32)31(37)38/h4-11,15-16,26,35H,2-3,12-14,17-18,32H2,1H3,(H,33,36)(H,37,38)/t26-/m0/s1. The zero-order valence-electron chi connectivity index (χ0n) is 22.4. The van der Waals surface area contributed by atoms with Gasteiger partial charge in [0.1, 0.15) is 17.5 Å². The van der Waals surface area contributed by atoms with E-state index in [9.17, 15) is 14.7 Å². The van der Waals surface area contributed by atoms with Gasteiger partial charge < -0.3 is 26.0 Å². The van der Waals surface area contributed by atoms with Crippen molar-refractivity contribution in [3.63, 3.8) is 0 Å². The zero-order chi connectivity index (χ0) is 28.2. The molecule has 3 aromatic carbocycles. The second-order valence-electron chi connectivity index (χ2n) is 10.2. The van der Waals surface area contributed by atoms with E-state index in [1.165, 1.54) is 18.4 Å². The van der Waals surface area contributed by atoms with Crippen molar-refractivity contribution < 1.29 is 24.5 Å². The summed E-state index contributed by atoms with van der Waals surface area (Å²) < 4.78 is 6.77. The first-order valence-corrected chi connectivity index (χ1v) is 14.1. The third-order valence-electron chi connectivity index (χ3n) is 7.25. The molecule has 5 rings (SSSR count). The normalized spacial score (nSPS) is 14.3. The van der Waals surface area contributed by atoms with Gasteiger partial charge in [-0.3, -0.25) is 14.5 Å². The lowest BCUT2D eigenvalue weighted by Crippen LogP contribution is -2.34. The number of phenolic OH excluding ortho intramolecular Hbond substituents is 1. The van der Waals surface area contributed by atoms with Crippen LogP contribution in [0.15, 0.2) is 60.7 Å². The molecule has 1 amide bonds. The summed E-state index contributed by atoms with van der Waals surface area (Å²) in [6.45, 7) is 3.14. The summed E-state index contributed by atoms with van der Waals surface area (Å²) in [5.41, 5.74) is 10.5. The quantitative estimate of drug-likeness (QED) is 0.210. The fraction of sp³-hybridized carbons (Fsp3) is 0.290. The Morgan fingerprint density at radius 2 is 1.82 bits per heavy atom. The Balaban J connectivity index is 1.42. The summed E-state index contributed by atoms with van der Waals surface area (Å²) in [5, 5.41) is 22.9. The number of nitrogens with one attached hydrogen (secondary N) is 1. The molecular formula is C31H33N3O5S. The number of hydrogen-bond donors (Lipinski definition) is 4. The number of nitrogens with two attached hydrogens (primary N) is 1. The van der Waals surface area contributed by atoms with Gasteiger partial charge in [-0.05, 0) is 90.8 Å². The minimum Gasteiger partial charge on any atom is -0.508 e. The number of amides is 1. The first-order chi connectivity index (χ1) is 19.3. The highest BCUT2D eigenvalue weighted by Crippen LogP contribution is 2.41. The predicted molar refractivity (Wildman–Crippen MR) is 158 cm³/mol. The smallest absolute Gasteiger partial charge is 0.321 e. The number of ether oxygens (including phenoxy) is 1. The number of carbonyl (C=O) groups is 2. The molecule has 4 aromatic rings. The second kappa shape index (κ2) is 12.1.